The van der Waals surface area contributed by atoms with Crippen molar-refractivity contribution in [3.05, 3.63) is 92.7 Å². The van der Waals surface area contributed by atoms with Crippen molar-refractivity contribution in [2.75, 3.05) is 6.54 Å². The molecular weight excluding hydrogens is 414 g/mol. The van der Waals surface area contributed by atoms with Crippen LogP contribution in [0, 0.1) is 5.92 Å². The zero-order valence-electron chi connectivity index (χ0n) is 17.1. The number of benzene rings is 2. The number of hydrogen-bond acceptors (Lipinski definition) is 4. The van der Waals surface area contributed by atoms with Gasteiger partial charge in [-0.05, 0) is 29.2 Å². The third-order valence-corrected chi connectivity index (χ3v) is 5.93. The van der Waals surface area contributed by atoms with E-state index in [0.717, 1.165) is 40.0 Å². The Labute approximate surface area is 185 Å². The lowest BCUT2D eigenvalue weighted by Crippen LogP contribution is -2.28. The molecule has 0 fully saturated rings. The zero-order chi connectivity index (χ0) is 21.1. The third-order valence-electron chi connectivity index (χ3n) is 4.86. The van der Waals surface area contributed by atoms with Crippen LogP contribution in [0.1, 0.15) is 25.1 Å². The minimum Gasteiger partial charge on any atom is -0.293 e. The van der Waals surface area contributed by atoms with Crippen LogP contribution in [0.2, 0.25) is 5.02 Å². The summed E-state index contributed by atoms with van der Waals surface area (Å²) in [5.74, 6) is 0.508. The number of thiazole rings is 1. The lowest BCUT2D eigenvalue weighted by Gasteiger charge is -2.24. The maximum Gasteiger partial charge on any atom is 0.259 e. The molecule has 0 bridgehead atoms. The Morgan fingerprint density at radius 1 is 1.07 bits per heavy atom. The van der Waals surface area contributed by atoms with Gasteiger partial charge in [-0.2, -0.15) is 0 Å². The first-order chi connectivity index (χ1) is 14.5. The molecule has 4 rings (SSSR count). The fraction of sp³-hybridized carbons (Fsp3) is 0.250. The molecule has 0 radical (unpaired) electrons. The molecule has 4 aromatic rings. The van der Waals surface area contributed by atoms with E-state index in [-0.39, 0.29) is 5.56 Å². The maximum atomic E-state index is 13.0. The van der Waals surface area contributed by atoms with E-state index in [1.165, 1.54) is 16.9 Å². The van der Waals surface area contributed by atoms with Crippen LogP contribution in [0.3, 0.4) is 0 Å². The van der Waals surface area contributed by atoms with E-state index in [1.54, 1.807) is 10.5 Å². The number of fused-ring (bicyclic) bond motifs is 1. The summed E-state index contributed by atoms with van der Waals surface area (Å²) in [6.07, 6.45) is 0. The number of halogens is 1. The Kier molecular flexibility index (Phi) is 6.32. The summed E-state index contributed by atoms with van der Waals surface area (Å²) in [6.45, 7) is 6.74. The molecule has 0 atom stereocenters. The van der Waals surface area contributed by atoms with Gasteiger partial charge in [0.2, 0.25) is 0 Å². The Morgan fingerprint density at radius 2 is 1.80 bits per heavy atom. The van der Waals surface area contributed by atoms with Crippen LogP contribution in [-0.4, -0.2) is 20.8 Å². The van der Waals surface area contributed by atoms with E-state index in [2.05, 4.69) is 18.7 Å². The van der Waals surface area contributed by atoms with Gasteiger partial charge in [0.25, 0.3) is 5.56 Å². The van der Waals surface area contributed by atoms with E-state index < -0.39 is 0 Å². The molecular formula is C24H24ClN3OS. The Morgan fingerprint density at radius 3 is 2.50 bits per heavy atom. The van der Waals surface area contributed by atoms with Gasteiger partial charge in [0.1, 0.15) is 0 Å². The van der Waals surface area contributed by atoms with Gasteiger partial charge in [0.05, 0.1) is 11.4 Å². The van der Waals surface area contributed by atoms with E-state index in [1.807, 2.05) is 60.0 Å². The van der Waals surface area contributed by atoms with Gasteiger partial charge in [-0.25, -0.2) is 4.98 Å². The van der Waals surface area contributed by atoms with Gasteiger partial charge in [0, 0.05) is 36.1 Å². The molecule has 0 spiro atoms. The standard InChI is InChI=1S/C24H24ClN3OS/c1-17(2)13-27(14-18-8-10-20(25)11-9-18)15-21-12-23(29)28-22(16-30-24(28)26-21)19-6-4-3-5-7-19/h3-12,16-17H,13-15H2,1-2H3. The Hall–Kier alpha value is -2.47. The average molecular weight is 438 g/mol. The van der Waals surface area contributed by atoms with E-state index >= 15 is 0 Å². The summed E-state index contributed by atoms with van der Waals surface area (Å²) in [6, 6.07) is 19.5. The van der Waals surface area contributed by atoms with Crippen molar-refractivity contribution < 1.29 is 0 Å². The minimum absolute atomic E-state index is 0.0360. The lowest BCUT2D eigenvalue weighted by molar-refractivity contribution is 0.225. The second-order valence-corrected chi connectivity index (χ2v) is 9.15. The number of aromatic nitrogens is 2. The first-order valence-corrected chi connectivity index (χ1v) is 11.3. The molecule has 0 saturated carbocycles. The average Bonchev–Trinajstić information content (AvgIpc) is 3.14. The topological polar surface area (TPSA) is 37.6 Å². The fourth-order valence-corrected chi connectivity index (χ4v) is 4.68. The van der Waals surface area contributed by atoms with Gasteiger partial charge >= 0.3 is 0 Å². The maximum absolute atomic E-state index is 13.0. The van der Waals surface area contributed by atoms with Gasteiger partial charge in [-0.3, -0.25) is 14.1 Å². The highest BCUT2D eigenvalue weighted by molar-refractivity contribution is 7.15. The molecule has 30 heavy (non-hydrogen) atoms. The molecule has 6 heteroatoms. The summed E-state index contributed by atoms with van der Waals surface area (Å²) in [5.41, 5.74) is 3.87. The van der Waals surface area contributed by atoms with Crippen LogP contribution in [-0.2, 0) is 13.1 Å². The molecule has 0 aliphatic heterocycles. The van der Waals surface area contributed by atoms with Gasteiger partial charge in [-0.15, -0.1) is 11.3 Å². The molecule has 0 saturated heterocycles. The van der Waals surface area contributed by atoms with Crippen molar-refractivity contribution in [2.24, 2.45) is 5.92 Å². The Balaban J connectivity index is 1.62. The highest BCUT2D eigenvalue weighted by atomic mass is 35.5. The number of rotatable bonds is 7. The van der Waals surface area contributed by atoms with Crippen LogP contribution >= 0.6 is 22.9 Å². The normalized spacial score (nSPS) is 11.6. The van der Waals surface area contributed by atoms with Crippen LogP contribution in [0.5, 0.6) is 0 Å². The van der Waals surface area contributed by atoms with Crippen LogP contribution in [0.25, 0.3) is 16.2 Å². The highest BCUT2D eigenvalue weighted by Gasteiger charge is 2.14. The minimum atomic E-state index is -0.0360. The van der Waals surface area contributed by atoms with Gasteiger partial charge < -0.3 is 0 Å². The molecule has 0 aliphatic rings. The van der Waals surface area contributed by atoms with Crippen molar-refractivity contribution in [1.82, 2.24) is 14.3 Å². The SMILES string of the molecule is CC(C)CN(Cc1ccc(Cl)cc1)Cc1cc(=O)n2c(-c3ccccc3)csc2n1. The zero-order valence-corrected chi connectivity index (χ0v) is 18.7. The third kappa shape index (κ3) is 4.81. The van der Waals surface area contributed by atoms with Crippen LogP contribution in [0.15, 0.2) is 70.8 Å². The summed E-state index contributed by atoms with van der Waals surface area (Å²) in [5, 5.41) is 2.74. The second kappa shape index (κ2) is 9.13. The fourth-order valence-electron chi connectivity index (χ4n) is 3.63. The number of hydrogen-bond donors (Lipinski definition) is 0. The molecule has 2 heterocycles. The predicted octanol–water partition coefficient (Wildman–Crippen LogP) is 5.73. The van der Waals surface area contributed by atoms with Crippen molar-refractivity contribution >= 4 is 27.9 Å². The molecule has 2 aromatic carbocycles. The smallest absolute Gasteiger partial charge is 0.259 e. The predicted molar refractivity (Wildman–Crippen MR) is 125 cm³/mol. The van der Waals surface area contributed by atoms with Crippen LogP contribution in [0.4, 0.5) is 0 Å². The molecule has 154 valence electrons. The van der Waals surface area contributed by atoms with E-state index in [4.69, 9.17) is 16.6 Å². The molecule has 0 unspecified atom stereocenters. The summed E-state index contributed by atoms with van der Waals surface area (Å²) in [4.78, 5) is 20.8. The molecule has 0 N–H and O–H groups in total. The van der Waals surface area contributed by atoms with Gasteiger partial charge in [0.15, 0.2) is 4.96 Å². The van der Waals surface area contributed by atoms with E-state index in [9.17, 15) is 4.79 Å². The molecule has 4 nitrogen and oxygen atoms in total. The quantitative estimate of drug-likeness (QED) is 0.370. The molecule has 0 amide bonds. The van der Waals surface area contributed by atoms with Crippen molar-refractivity contribution in [2.45, 2.75) is 26.9 Å². The monoisotopic (exact) mass is 437 g/mol. The van der Waals surface area contributed by atoms with E-state index in [0.29, 0.717) is 12.5 Å². The molecule has 2 aromatic heterocycles. The summed E-state index contributed by atoms with van der Waals surface area (Å²) >= 11 is 7.52. The summed E-state index contributed by atoms with van der Waals surface area (Å²) in [7, 11) is 0. The lowest BCUT2D eigenvalue weighted by atomic mass is 10.1. The number of nitrogens with zero attached hydrogens (tertiary/aromatic N) is 3. The van der Waals surface area contributed by atoms with Gasteiger partial charge in [-0.1, -0.05) is 67.9 Å². The summed E-state index contributed by atoms with van der Waals surface area (Å²) < 4.78 is 1.70. The second-order valence-electron chi connectivity index (χ2n) is 7.88. The van der Waals surface area contributed by atoms with Crippen molar-refractivity contribution in [1.29, 1.82) is 0 Å². The van der Waals surface area contributed by atoms with Crippen molar-refractivity contribution in [3.8, 4) is 11.3 Å². The highest BCUT2D eigenvalue weighted by Crippen LogP contribution is 2.24. The van der Waals surface area contributed by atoms with Crippen molar-refractivity contribution in [3.63, 3.8) is 0 Å². The largest absolute Gasteiger partial charge is 0.293 e. The first-order valence-electron chi connectivity index (χ1n) is 10.0. The Bertz CT molecular complexity index is 1180. The van der Waals surface area contributed by atoms with Crippen LogP contribution < -0.4 is 5.56 Å². The molecule has 0 aliphatic carbocycles. The first kappa shape index (κ1) is 20.8.